The summed E-state index contributed by atoms with van der Waals surface area (Å²) in [5, 5.41) is 0. The van der Waals surface area contributed by atoms with E-state index in [1.54, 1.807) is 6.26 Å². The van der Waals surface area contributed by atoms with Crippen LogP contribution in [0.2, 0.25) is 0 Å². The Labute approximate surface area is 94.1 Å². The molecule has 4 saturated carbocycles. The van der Waals surface area contributed by atoms with Crippen molar-refractivity contribution in [2.75, 3.05) is 6.26 Å². The van der Waals surface area contributed by atoms with E-state index in [4.69, 9.17) is 0 Å². The van der Waals surface area contributed by atoms with Crippen LogP contribution in [0.4, 0.5) is 0 Å². The zero-order valence-electron chi connectivity index (χ0n) is 9.32. The lowest BCUT2D eigenvalue weighted by atomic mass is 9.50. The second-order valence-electron chi connectivity index (χ2n) is 5.94. The van der Waals surface area contributed by atoms with Gasteiger partial charge in [0.2, 0.25) is 0 Å². The maximum atomic E-state index is 11.1. The van der Waals surface area contributed by atoms with Gasteiger partial charge in [-0.15, -0.1) is 0 Å². The van der Waals surface area contributed by atoms with Crippen molar-refractivity contribution < 1.29 is 4.21 Å². The first-order valence-electron chi connectivity index (χ1n) is 6.04. The number of nitrogens with zero attached hydrogens (tertiary/aromatic N) is 1. The van der Waals surface area contributed by atoms with Crippen molar-refractivity contribution in [2.45, 2.75) is 38.5 Å². The summed E-state index contributed by atoms with van der Waals surface area (Å²) in [6, 6.07) is 0. The standard InChI is InChI=1S/C12H19NOS/c1-15(14)13-8-12-5-9-2-10(6-12)4-11(3-9)7-12/h8-11H,2-7H2,1H3. The van der Waals surface area contributed by atoms with Crippen LogP contribution in [0.5, 0.6) is 0 Å². The highest BCUT2D eigenvalue weighted by atomic mass is 32.2. The molecule has 4 aliphatic rings. The van der Waals surface area contributed by atoms with Gasteiger partial charge >= 0.3 is 0 Å². The maximum absolute atomic E-state index is 11.1. The summed E-state index contributed by atoms with van der Waals surface area (Å²) in [6.45, 7) is 0. The molecule has 2 nitrogen and oxygen atoms in total. The van der Waals surface area contributed by atoms with Gasteiger partial charge in [-0.2, -0.15) is 4.40 Å². The Morgan fingerprint density at radius 2 is 1.60 bits per heavy atom. The van der Waals surface area contributed by atoms with E-state index in [0.29, 0.717) is 5.41 Å². The lowest BCUT2D eigenvalue weighted by Gasteiger charge is -2.55. The molecule has 84 valence electrons. The van der Waals surface area contributed by atoms with E-state index >= 15 is 0 Å². The first-order chi connectivity index (χ1) is 7.15. The minimum Gasteiger partial charge on any atom is -0.235 e. The molecule has 0 N–H and O–H groups in total. The largest absolute Gasteiger partial charge is 0.235 e. The molecule has 1 atom stereocenters. The Kier molecular flexibility index (Phi) is 2.27. The average molecular weight is 225 g/mol. The molecule has 0 saturated heterocycles. The van der Waals surface area contributed by atoms with Crippen LogP contribution in [0.25, 0.3) is 0 Å². The van der Waals surface area contributed by atoms with Gasteiger partial charge in [0.1, 0.15) is 11.0 Å². The molecule has 0 spiro atoms. The molecule has 3 heteroatoms. The quantitative estimate of drug-likeness (QED) is 0.664. The molecule has 4 aliphatic carbocycles. The predicted octanol–water partition coefficient (Wildman–Crippen LogP) is 2.57. The van der Waals surface area contributed by atoms with Gasteiger partial charge in [-0.1, -0.05) is 0 Å². The highest BCUT2D eigenvalue weighted by Gasteiger charge is 2.50. The van der Waals surface area contributed by atoms with Crippen molar-refractivity contribution in [3.8, 4) is 0 Å². The Bertz CT molecular complexity index is 288. The Morgan fingerprint density at radius 1 is 1.13 bits per heavy atom. The SMILES string of the molecule is CS(=O)N=CC12CC3CC(CC(C3)C1)C2. The monoisotopic (exact) mass is 225 g/mol. The van der Waals surface area contributed by atoms with Crippen LogP contribution < -0.4 is 0 Å². The minimum absolute atomic E-state index is 0.348. The van der Waals surface area contributed by atoms with E-state index < -0.39 is 11.0 Å². The van der Waals surface area contributed by atoms with Gasteiger partial charge in [0.05, 0.1) is 0 Å². The summed E-state index contributed by atoms with van der Waals surface area (Å²) >= 11 is 0. The smallest absolute Gasteiger partial charge is 0.135 e. The summed E-state index contributed by atoms with van der Waals surface area (Å²) in [4.78, 5) is 0. The Balaban J connectivity index is 1.84. The highest BCUT2D eigenvalue weighted by Crippen LogP contribution is 2.59. The lowest BCUT2D eigenvalue weighted by Crippen LogP contribution is -2.46. The van der Waals surface area contributed by atoms with Crippen molar-refractivity contribution in [1.29, 1.82) is 0 Å². The molecule has 4 fully saturated rings. The molecule has 0 aromatic rings. The molecule has 0 aromatic heterocycles. The molecule has 0 heterocycles. The Morgan fingerprint density at radius 3 is 2.00 bits per heavy atom. The van der Waals surface area contributed by atoms with Crippen molar-refractivity contribution in [1.82, 2.24) is 0 Å². The highest BCUT2D eigenvalue weighted by molar-refractivity contribution is 7.83. The molecule has 0 amide bonds. The van der Waals surface area contributed by atoms with Gasteiger partial charge in [-0.3, -0.25) is 0 Å². The first-order valence-corrected chi connectivity index (χ1v) is 7.55. The number of hydrogen-bond acceptors (Lipinski definition) is 1. The number of hydrogen-bond donors (Lipinski definition) is 0. The average Bonchev–Trinajstić information content (AvgIpc) is 2.12. The van der Waals surface area contributed by atoms with Crippen molar-refractivity contribution in [2.24, 2.45) is 27.6 Å². The van der Waals surface area contributed by atoms with Gasteiger partial charge in [-0.05, 0) is 56.3 Å². The fourth-order valence-electron chi connectivity index (χ4n) is 4.52. The normalized spacial score (nSPS) is 50.1. The molecule has 4 bridgehead atoms. The third kappa shape index (κ3) is 1.79. The van der Waals surface area contributed by atoms with E-state index in [0.717, 1.165) is 17.8 Å². The van der Waals surface area contributed by atoms with Gasteiger partial charge in [-0.25, -0.2) is 4.21 Å². The fourth-order valence-corrected chi connectivity index (χ4v) is 4.89. The summed E-state index contributed by atoms with van der Waals surface area (Å²) in [5.41, 5.74) is 0.348. The van der Waals surface area contributed by atoms with Gasteiger partial charge in [0.15, 0.2) is 0 Å². The lowest BCUT2D eigenvalue weighted by molar-refractivity contribution is -0.00949. The van der Waals surface area contributed by atoms with Crippen molar-refractivity contribution in [3.63, 3.8) is 0 Å². The first kappa shape index (κ1) is 10.0. The molecular weight excluding hydrogens is 206 g/mol. The van der Waals surface area contributed by atoms with Crippen molar-refractivity contribution in [3.05, 3.63) is 0 Å². The van der Waals surface area contributed by atoms with E-state index in [-0.39, 0.29) is 0 Å². The fraction of sp³-hybridized carbons (Fsp3) is 0.917. The Hall–Kier alpha value is -0.180. The molecule has 0 aromatic carbocycles. The predicted molar refractivity (Wildman–Crippen MR) is 63.2 cm³/mol. The third-order valence-electron chi connectivity index (χ3n) is 4.56. The van der Waals surface area contributed by atoms with Gasteiger partial charge in [0, 0.05) is 17.9 Å². The third-order valence-corrected chi connectivity index (χ3v) is 4.96. The van der Waals surface area contributed by atoms with Crippen molar-refractivity contribution >= 4 is 17.2 Å². The second-order valence-corrected chi connectivity index (χ2v) is 7.00. The van der Waals surface area contributed by atoms with E-state index in [2.05, 4.69) is 10.6 Å². The van der Waals surface area contributed by atoms with Crippen LogP contribution in [-0.4, -0.2) is 16.7 Å². The van der Waals surface area contributed by atoms with Crippen LogP contribution in [0.3, 0.4) is 0 Å². The van der Waals surface area contributed by atoms with Crippen LogP contribution >= 0.6 is 0 Å². The molecule has 15 heavy (non-hydrogen) atoms. The van der Waals surface area contributed by atoms with Gasteiger partial charge in [0.25, 0.3) is 0 Å². The minimum atomic E-state index is -1.01. The summed E-state index contributed by atoms with van der Waals surface area (Å²) in [5.74, 6) is 2.86. The van der Waals surface area contributed by atoms with Crippen LogP contribution in [0.1, 0.15) is 38.5 Å². The van der Waals surface area contributed by atoms with E-state index in [9.17, 15) is 4.21 Å². The van der Waals surface area contributed by atoms with E-state index in [1.807, 2.05) is 0 Å². The number of rotatable bonds is 2. The van der Waals surface area contributed by atoms with E-state index in [1.165, 1.54) is 38.5 Å². The van der Waals surface area contributed by atoms with Crippen LogP contribution in [-0.2, 0) is 11.0 Å². The summed E-state index contributed by atoms with van der Waals surface area (Å²) in [7, 11) is -1.01. The molecule has 0 radical (unpaired) electrons. The topological polar surface area (TPSA) is 29.4 Å². The summed E-state index contributed by atoms with van der Waals surface area (Å²) < 4.78 is 15.2. The summed E-state index contributed by atoms with van der Waals surface area (Å²) in [6.07, 6.45) is 12.1. The molecule has 0 aliphatic heterocycles. The second kappa shape index (κ2) is 3.41. The van der Waals surface area contributed by atoms with Gasteiger partial charge < -0.3 is 0 Å². The van der Waals surface area contributed by atoms with Crippen LogP contribution in [0.15, 0.2) is 4.40 Å². The molecule has 1 unspecified atom stereocenters. The maximum Gasteiger partial charge on any atom is 0.135 e. The molecule has 4 rings (SSSR count). The zero-order chi connectivity index (χ0) is 10.5. The molecular formula is C12H19NOS. The van der Waals surface area contributed by atoms with Crippen LogP contribution in [0, 0.1) is 23.2 Å². The zero-order valence-corrected chi connectivity index (χ0v) is 10.1.